The first-order chi connectivity index (χ1) is 9.56. The molecule has 1 aliphatic heterocycles. The summed E-state index contributed by atoms with van der Waals surface area (Å²) in [5.74, 6) is -1.32. The lowest BCUT2D eigenvalue weighted by Gasteiger charge is -2.25. The van der Waals surface area contributed by atoms with Crippen LogP contribution in [0.15, 0.2) is 18.2 Å². The number of nitrogens with zero attached hydrogens (tertiary/aromatic N) is 1. The third kappa shape index (κ3) is 4.00. The molecule has 1 aliphatic rings. The summed E-state index contributed by atoms with van der Waals surface area (Å²) < 4.78 is 26.0. The molecule has 1 amide bonds. The number of amides is 1. The fraction of sp³-hybridized carbons (Fsp3) is 0.533. The summed E-state index contributed by atoms with van der Waals surface area (Å²) in [6.07, 6.45) is 2.68. The Kier molecular flexibility index (Phi) is 5.06. The minimum atomic E-state index is -0.875. The molecule has 3 nitrogen and oxygen atoms in total. The van der Waals surface area contributed by atoms with E-state index >= 15 is 0 Å². The smallest absolute Gasteiger partial charge is 0.222 e. The Morgan fingerprint density at radius 3 is 2.85 bits per heavy atom. The minimum Gasteiger partial charge on any atom is -0.341 e. The molecule has 0 radical (unpaired) electrons. The number of piperidine rings is 1. The lowest BCUT2D eigenvalue weighted by Crippen LogP contribution is -2.34. The molecular formula is C15H20F2N2O. The summed E-state index contributed by atoms with van der Waals surface area (Å²) in [7, 11) is 1.69. The predicted molar refractivity (Wildman–Crippen MR) is 73.0 cm³/mol. The molecule has 0 aliphatic carbocycles. The summed E-state index contributed by atoms with van der Waals surface area (Å²) in [5.41, 5.74) is 0.599. The first-order valence-electron chi connectivity index (χ1n) is 6.95. The number of halogens is 2. The lowest BCUT2D eigenvalue weighted by molar-refractivity contribution is -0.131. The molecule has 1 unspecified atom stereocenters. The zero-order valence-corrected chi connectivity index (χ0v) is 11.7. The molecule has 1 N–H and O–H groups in total. The maximum absolute atomic E-state index is 13.1. The van der Waals surface area contributed by atoms with Crippen molar-refractivity contribution in [1.29, 1.82) is 0 Å². The summed E-state index contributed by atoms with van der Waals surface area (Å²) >= 11 is 0. The average molecular weight is 282 g/mol. The topological polar surface area (TPSA) is 32.3 Å². The quantitative estimate of drug-likeness (QED) is 0.919. The molecular weight excluding hydrogens is 262 g/mol. The normalized spacial score (nSPS) is 18.9. The van der Waals surface area contributed by atoms with Crippen LogP contribution in [0.25, 0.3) is 0 Å². The van der Waals surface area contributed by atoms with E-state index in [0.717, 1.165) is 38.1 Å². The van der Waals surface area contributed by atoms with Gasteiger partial charge in [-0.2, -0.15) is 0 Å². The van der Waals surface area contributed by atoms with Crippen LogP contribution in [-0.2, 0) is 11.3 Å². The zero-order chi connectivity index (χ0) is 14.5. The van der Waals surface area contributed by atoms with Crippen LogP contribution < -0.4 is 5.32 Å². The van der Waals surface area contributed by atoms with Crippen LogP contribution in [0.5, 0.6) is 0 Å². The second kappa shape index (κ2) is 6.79. The average Bonchev–Trinajstić information content (AvgIpc) is 2.44. The Morgan fingerprint density at radius 2 is 2.20 bits per heavy atom. The predicted octanol–water partition coefficient (Wildman–Crippen LogP) is 2.31. The van der Waals surface area contributed by atoms with Crippen molar-refractivity contribution >= 4 is 5.91 Å². The molecule has 2 rings (SSSR count). The first-order valence-corrected chi connectivity index (χ1v) is 6.95. The van der Waals surface area contributed by atoms with Crippen molar-refractivity contribution in [2.45, 2.75) is 25.8 Å². The van der Waals surface area contributed by atoms with Gasteiger partial charge in [0.15, 0.2) is 11.6 Å². The van der Waals surface area contributed by atoms with Gasteiger partial charge >= 0.3 is 0 Å². The molecule has 1 heterocycles. The van der Waals surface area contributed by atoms with Crippen LogP contribution in [0.1, 0.15) is 24.8 Å². The van der Waals surface area contributed by atoms with Gasteiger partial charge in [0.1, 0.15) is 0 Å². The zero-order valence-electron chi connectivity index (χ0n) is 11.7. The number of carbonyl (C=O) groups is 1. The lowest BCUT2D eigenvalue weighted by atomic mass is 9.95. The summed E-state index contributed by atoms with van der Waals surface area (Å²) in [6.45, 7) is 2.20. The van der Waals surface area contributed by atoms with Gasteiger partial charge in [0.25, 0.3) is 0 Å². The first kappa shape index (κ1) is 14.9. The Bertz CT molecular complexity index is 473. The van der Waals surface area contributed by atoms with Crippen LogP contribution >= 0.6 is 0 Å². The van der Waals surface area contributed by atoms with E-state index in [-0.39, 0.29) is 5.91 Å². The highest BCUT2D eigenvalue weighted by Gasteiger charge is 2.19. The van der Waals surface area contributed by atoms with Crippen LogP contribution in [0.2, 0.25) is 0 Å². The number of rotatable bonds is 4. The second-order valence-corrected chi connectivity index (χ2v) is 5.41. The maximum atomic E-state index is 13.1. The number of carbonyl (C=O) groups excluding carboxylic acids is 1. The number of hydrogen-bond donors (Lipinski definition) is 1. The Hall–Kier alpha value is -1.49. The van der Waals surface area contributed by atoms with Gasteiger partial charge in [-0.1, -0.05) is 6.07 Å². The van der Waals surface area contributed by atoms with Gasteiger partial charge < -0.3 is 10.2 Å². The molecule has 0 spiro atoms. The molecule has 1 aromatic rings. The fourth-order valence-electron chi connectivity index (χ4n) is 2.50. The van der Waals surface area contributed by atoms with Gasteiger partial charge in [0.05, 0.1) is 0 Å². The largest absolute Gasteiger partial charge is 0.341 e. The van der Waals surface area contributed by atoms with E-state index in [1.165, 1.54) is 6.07 Å². The molecule has 1 atom stereocenters. The fourth-order valence-corrected chi connectivity index (χ4v) is 2.50. The van der Waals surface area contributed by atoms with Crippen molar-refractivity contribution in [3.05, 3.63) is 35.4 Å². The van der Waals surface area contributed by atoms with E-state index < -0.39 is 11.6 Å². The Labute approximate surface area is 118 Å². The summed E-state index contributed by atoms with van der Waals surface area (Å²) in [5, 5.41) is 3.28. The van der Waals surface area contributed by atoms with E-state index in [1.807, 2.05) is 0 Å². The monoisotopic (exact) mass is 282 g/mol. The van der Waals surface area contributed by atoms with Crippen molar-refractivity contribution in [3.63, 3.8) is 0 Å². The molecule has 20 heavy (non-hydrogen) atoms. The van der Waals surface area contributed by atoms with Gasteiger partial charge in [0, 0.05) is 20.0 Å². The molecule has 1 aromatic carbocycles. The van der Waals surface area contributed by atoms with Gasteiger partial charge in [-0.25, -0.2) is 8.78 Å². The second-order valence-electron chi connectivity index (χ2n) is 5.41. The van der Waals surface area contributed by atoms with Crippen molar-refractivity contribution in [2.24, 2.45) is 5.92 Å². The highest BCUT2D eigenvalue weighted by Crippen LogP contribution is 2.16. The highest BCUT2D eigenvalue weighted by molar-refractivity contribution is 5.76. The van der Waals surface area contributed by atoms with Crippen LogP contribution in [0.4, 0.5) is 8.78 Å². The van der Waals surface area contributed by atoms with E-state index in [0.29, 0.717) is 24.4 Å². The standard InChI is InChI=1S/C15H20F2N2O/c1-19(10-12-4-5-13(16)14(17)7-12)15(20)8-11-3-2-6-18-9-11/h4-5,7,11,18H,2-3,6,8-10H2,1H3. The minimum absolute atomic E-state index is 0.0448. The van der Waals surface area contributed by atoms with Gasteiger partial charge in [-0.15, -0.1) is 0 Å². The maximum Gasteiger partial charge on any atom is 0.222 e. The van der Waals surface area contributed by atoms with Crippen molar-refractivity contribution in [3.8, 4) is 0 Å². The highest BCUT2D eigenvalue weighted by atomic mass is 19.2. The molecule has 5 heteroatoms. The number of benzene rings is 1. The van der Waals surface area contributed by atoms with Gasteiger partial charge in [0.2, 0.25) is 5.91 Å². The molecule has 0 saturated carbocycles. The molecule has 110 valence electrons. The third-order valence-electron chi connectivity index (χ3n) is 3.69. The van der Waals surface area contributed by atoms with Crippen LogP contribution in [-0.4, -0.2) is 30.9 Å². The Balaban J connectivity index is 1.88. The van der Waals surface area contributed by atoms with E-state index in [2.05, 4.69) is 5.32 Å². The van der Waals surface area contributed by atoms with Gasteiger partial charge in [-0.3, -0.25) is 4.79 Å². The summed E-state index contributed by atoms with van der Waals surface area (Å²) in [4.78, 5) is 13.7. The van der Waals surface area contributed by atoms with Crippen molar-refractivity contribution in [1.82, 2.24) is 10.2 Å². The SMILES string of the molecule is CN(Cc1ccc(F)c(F)c1)C(=O)CC1CCCNC1. The molecule has 1 fully saturated rings. The third-order valence-corrected chi connectivity index (χ3v) is 3.69. The molecule has 1 saturated heterocycles. The number of nitrogens with one attached hydrogen (secondary N) is 1. The van der Waals surface area contributed by atoms with Crippen molar-refractivity contribution in [2.75, 3.05) is 20.1 Å². The Morgan fingerprint density at radius 1 is 1.40 bits per heavy atom. The van der Waals surface area contributed by atoms with Crippen LogP contribution in [0, 0.1) is 17.6 Å². The van der Waals surface area contributed by atoms with E-state index in [4.69, 9.17) is 0 Å². The van der Waals surface area contributed by atoms with E-state index in [9.17, 15) is 13.6 Å². The van der Waals surface area contributed by atoms with E-state index in [1.54, 1.807) is 11.9 Å². The number of hydrogen-bond acceptors (Lipinski definition) is 2. The van der Waals surface area contributed by atoms with Crippen molar-refractivity contribution < 1.29 is 13.6 Å². The molecule has 0 aromatic heterocycles. The summed E-state index contributed by atoms with van der Waals surface area (Å²) in [6, 6.07) is 3.74. The van der Waals surface area contributed by atoms with Crippen LogP contribution in [0.3, 0.4) is 0 Å². The molecule has 0 bridgehead atoms. The van der Waals surface area contributed by atoms with Gasteiger partial charge in [-0.05, 0) is 49.5 Å².